The van der Waals surface area contributed by atoms with Crippen LogP contribution in [0.1, 0.15) is 44.6 Å². The van der Waals surface area contributed by atoms with Gasteiger partial charge in [-0.2, -0.15) is 0 Å². The van der Waals surface area contributed by atoms with E-state index in [4.69, 9.17) is 5.73 Å². The summed E-state index contributed by atoms with van der Waals surface area (Å²) in [6.07, 6.45) is 4.35. The molecule has 2 fully saturated rings. The average Bonchev–Trinajstić information content (AvgIpc) is 2.97. The molecule has 3 N–H and O–H groups in total. The van der Waals surface area contributed by atoms with Crippen molar-refractivity contribution in [3.8, 4) is 0 Å². The lowest BCUT2D eigenvalue weighted by Gasteiger charge is -2.48. The van der Waals surface area contributed by atoms with Crippen LogP contribution in [0.25, 0.3) is 0 Å². The first-order valence-corrected chi connectivity index (χ1v) is 10.3. The van der Waals surface area contributed by atoms with Gasteiger partial charge in [-0.3, -0.25) is 19.3 Å². The maximum atomic E-state index is 12.6. The molecule has 1 saturated heterocycles. The number of amides is 3. The SMILES string of the molecule is CC(NC(=O)CN1CC2(CCC(c3ccccc3)(N(C)C)CC2)CC1=O)C(N)=O. The topological polar surface area (TPSA) is 95.7 Å². The monoisotopic (exact) mass is 400 g/mol. The van der Waals surface area contributed by atoms with Gasteiger partial charge in [0.2, 0.25) is 17.7 Å². The molecule has 0 bridgehead atoms. The quantitative estimate of drug-likeness (QED) is 0.751. The molecule has 1 unspecified atom stereocenters. The molecule has 7 heteroatoms. The second-order valence-corrected chi connectivity index (χ2v) is 8.91. The van der Waals surface area contributed by atoms with Crippen LogP contribution in [0.5, 0.6) is 0 Å². The second-order valence-electron chi connectivity index (χ2n) is 8.91. The van der Waals surface area contributed by atoms with Crippen molar-refractivity contribution in [1.29, 1.82) is 0 Å². The van der Waals surface area contributed by atoms with Gasteiger partial charge in [-0.05, 0) is 57.7 Å². The second kappa shape index (κ2) is 8.14. The summed E-state index contributed by atoms with van der Waals surface area (Å²) in [7, 11) is 4.25. The van der Waals surface area contributed by atoms with Gasteiger partial charge in [0.05, 0.1) is 6.54 Å². The van der Waals surface area contributed by atoms with Crippen LogP contribution in [0.2, 0.25) is 0 Å². The van der Waals surface area contributed by atoms with Crippen molar-refractivity contribution in [2.24, 2.45) is 11.1 Å². The summed E-state index contributed by atoms with van der Waals surface area (Å²) in [5.74, 6) is -0.913. The predicted molar refractivity (Wildman–Crippen MR) is 111 cm³/mol. The first kappa shape index (κ1) is 21.3. The first-order valence-electron chi connectivity index (χ1n) is 10.3. The molecule has 3 amide bonds. The minimum atomic E-state index is -0.740. The van der Waals surface area contributed by atoms with Crippen LogP contribution in [0.15, 0.2) is 30.3 Å². The third kappa shape index (κ3) is 4.29. The highest BCUT2D eigenvalue weighted by Gasteiger charge is 2.50. The standard InChI is InChI=1S/C22H32N4O3/c1-16(20(23)29)24-18(27)14-26-15-21(13-19(26)28)9-11-22(12-10-21,25(2)3)17-7-5-4-6-8-17/h4-8,16H,9-15H2,1-3H3,(H2,23,29)(H,24,27). The number of carbonyl (C=O) groups excluding carboxylic acids is 3. The van der Waals surface area contributed by atoms with E-state index in [0.717, 1.165) is 25.7 Å². The van der Waals surface area contributed by atoms with Crippen molar-refractivity contribution < 1.29 is 14.4 Å². The molecule has 1 atom stereocenters. The van der Waals surface area contributed by atoms with Gasteiger partial charge in [0.25, 0.3) is 0 Å². The van der Waals surface area contributed by atoms with E-state index in [1.54, 1.807) is 11.8 Å². The molecule has 0 radical (unpaired) electrons. The Morgan fingerprint density at radius 1 is 1.17 bits per heavy atom. The molecule has 1 aromatic rings. The normalized spacial score (nSPS) is 28.0. The smallest absolute Gasteiger partial charge is 0.240 e. The zero-order valence-electron chi connectivity index (χ0n) is 17.6. The lowest BCUT2D eigenvalue weighted by Crippen LogP contribution is -2.48. The van der Waals surface area contributed by atoms with Crippen molar-refractivity contribution in [2.75, 3.05) is 27.2 Å². The van der Waals surface area contributed by atoms with Crippen LogP contribution in [-0.2, 0) is 19.9 Å². The third-order valence-corrected chi connectivity index (χ3v) is 6.85. The Morgan fingerprint density at radius 2 is 1.79 bits per heavy atom. The molecule has 1 aliphatic carbocycles. The highest BCUT2D eigenvalue weighted by Crippen LogP contribution is 2.51. The molecule has 158 valence electrons. The van der Waals surface area contributed by atoms with Crippen LogP contribution >= 0.6 is 0 Å². The maximum Gasteiger partial charge on any atom is 0.240 e. The van der Waals surface area contributed by atoms with Crippen molar-refractivity contribution in [1.82, 2.24) is 15.1 Å². The summed E-state index contributed by atoms with van der Waals surface area (Å²) in [6, 6.07) is 9.84. The van der Waals surface area contributed by atoms with Crippen LogP contribution < -0.4 is 11.1 Å². The first-order chi connectivity index (χ1) is 13.7. The Morgan fingerprint density at radius 3 is 2.34 bits per heavy atom. The van der Waals surface area contributed by atoms with E-state index < -0.39 is 11.9 Å². The lowest BCUT2D eigenvalue weighted by atomic mass is 9.64. The van der Waals surface area contributed by atoms with Gasteiger partial charge in [-0.15, -0.1) is 0 Å². The Hall–Kier alpha value is -2.41. The molecule has 1 aliphatic heterocycles. The number of carbonyl (C=O) groups is 3. The predicted octanol–water partition coefficient (Wildman–Crippen LogP) is 1.23. The fraction of sp³-hybridized carbons (Fsp3) is 0.591. The number of likely N-dealkylation sites (tertiary alicyclic amines) is 1. The fourth-order valence-electron chi connectivity index (χ4n) is 4.93. The number of primary amides is 1. The summed E-state index contributed by atoms with van der Waals surface area (Å²) >= 11 is 0. The van der Waals surface area contributed by atoms with E-state index in [1.807, 2.05) is 6.07 Å². The summed E-state index contributed by atoms with van der Waals surface area (Å²) in [5, 5.41) is 2.55. The van der Waals surface area contributed by atoms with Crippen LogP contribution in [0.4, 0.5) is 0 Å². The molecule has 3 rings (SSSR count). The number of nitrogens with one attached hydrogen (secondary N) is 1. The summed E-state index contributed by atoms with van der Waals surface area (Å²) in [6.45, 7) is 2.12. The molecule has 1 saturated carbocycles. The molecule has 1 aromatic carbocycles. The number of nitrogens with zero attached hydrogens (tertiary/aromatic N) is 2. The van der Waals surface area contributed by atoms with Crippen molar-refractivity contribution in [2.45, 2.75) is 50.6 Å². The zero-order valence-corrected chi connectivity index (χ0v) is 17.6. The highest BCUT2D eigenvalue weighted by molar-refractivity contribution is 5.90. The molecular weight excluding hydrogens is 368 g/mol. The third-order valence-electron chi connectivity index (χ3n) is 6.85. The Bertz CT molecular complexity index is 770. The zero-order chi connectivity index (χ0) is 21.2. The van der Waals surface area contributed by atoms with Crippen molar-refractivity contribution >= 4 is 17.7 Å². The Balaban J connectivity index is 1.66. The number of benzene rings is 1. The van der Waals surface area contributed by atoms with Crippen LogP contribution in [0, 0.1) is 5.41 Å². The molecule has 7 nitrogen and oxygen atoms in total. The van der Waals surface area contributed by atoms with Gasteiger partial charge < -0.3 is 16.0 Å². The van der Waals surface area contributed by atoms with Gasteiger partial charge in [0, 0.05) is 18.5 Å². The van der Waals surface area contributed by atoms with E-state index in [0.29, 0.717) is 13.0 Å². The molecule has 29 heavy (non-hydrogen) atoms. The summed E-state index contributed by atoms with van der Waals surface area (Å²) in [5.41, 5.74) is 6.43. The molecule has 2 aliphatic rings. The minimum absolute atomic E-state index is 0.0166. The lowest BCUT2D eigenvalue weighted by molar-refractivity contribution is -0.134. The van der Waals surface area contributed by atoms with Crippen LogP contribution in [-0.4, -0.2) is 60.7 Å². The number of hydrogen-bond donors (Lipinski definition) is 2. The number of rotatable bonds is 6. The summed E-state index contributed by atoms with van der Waals surface area (Å²) in [4.78, 5) is 39.9. The van der Waals surface area contributed by atoms with Gasteiger partial charge in [-0.25, -0.2) is 0 Å². The van der Waals surface area contributed by atoms with Gasteiger partial charge in [0.1, 0.15) is 6.04 Å². The van der Waals surface area contributed by atoms with E-state index in [1.165, 1.54) is 5.56 Å². The number of nitrogens with two attached hydrogens (primary N) is 1. The maximum absolute atomic E-state index is 12.6. The number of hydrogen-bond acceptors (Lipinski definition) is 4. The highest BCUT2D eigenvalue weighted by atomic mass is 16.2. The van der Waals surface area contributed by atoms with E-state index in [9.17, 15) is 14.4 Å². The average molecular weight is 401 g/mol. The van der Waals surface area contributed by atoms with Crippen LogP contribution in [0.3, 0.4) is 0 Å². The molecular formula is C22H32N4O3. The molecule has 1 heterocycles. The van der Waals surface area contributed by atoms with Gasteiger partial charge in [-0.1, -0.05) is 30.3 Å². The van der Waals surface area contributed by atoms with Crippen molar-refractivity contribution in [3.63, 3.8) is 0 Å². The van der Waals surface area contributed by atoms with E-state index >= 15 is 0 Å². The van der Waals surface area contributed by atoms with E-state index in [2.05, 4.69) is 48.6 Å². The van der Waals surface area contributed by atoms with Crippen molar-refractivity contribution in [3.05, 3.63) is 35.9 Å². The largest absolute Gasteiger partial charge is 0.368 e. The Labute approximate surface area is 172 Å². The summed E-state index contributed by atoms with van der Waals surface area (Å²) < 4.78 is 0. The van der Waals surface area contributed by atoms with Gasteiger partial charge >= 0.3 is 0 Å². The molecule has 0 aromatic heterocycles. The molecule has 1 spiro atoms. The van der Waals surface area contributed by atoms with E-state index in [-0.39, 0.29) is 29.3 Å². The Kier molecular flexibility index (Phi) is 5.98. The minimum Gasteiger partial charge on any atom is -0.368 e. The van der Waals surface area contributed by atoms with Gasteiger partial charge in [0.15, 0.2) is 0 Å². The fourth-order valence-corrected chi connectivity index (χ4v) is 4.93.